The van der Waals surface area contributed by atoms with Crippen LogP contribution in [0.2, 0.25) is 0 Å². The number of ether oxygens (including phenoxy) is 1. The zero-order valence-electron chi connectivity index (χ0n) is 17.1. The molecule has 5 heteroatoms. The SMILES string of the molecule is CC(COC(=O)N(C)C)[O][Sn]([c]1ccccc1)([c]1ccccc1)[c]1ccccc1. The molecular formula is C24H27NO3Sn. The molecule has 0 fully saturated rings. The van der Waals surface area contributed by atoms with E-state index in [1.54, 1.807) is 14.1 Å². The van der Waals surface area contributed by atoms with Crippen LogP contribution in [0.5, 0.6) is 0 Å². The summed E-state index contributed by atoms with van der Waals surface area (Å²) in [7, 11) is 3.35. The molecule has 29 heavy (non-hydrogen) atoms. The van der Waals surface area contributed by atoms with Gasteiger partial charge in [-0.15, -0.1) is 0 Å². The Kier molecular flexibility index (Phi) is 7.33. The van der Waals surface area contributed by atoms with E-state index in [0.717, 1.165) is 0 Å². The van der Waals surface area contributed by atoms with E-state index in [1.165, 1.54) is 15.6 Å². The van der Waals surface area contributed by atoms with E-state index in [1.807, 2.05) is 25.1 Å². The van der Waals surface area contributed by atoms with Crippen LogP contribution in [0.1, 0.15) is 6.92 Å². The van der Waals surface area contributed by atoms with Crippen molar-refractivity contribution in [3.8, 4) is 0 Å². The van der Waals surface area contributed by atoms with Crippen LogP contribution in [0.3, 0.4) is 0 Å². The summed E-state index contributed by atoms with van der Waals surface area (Å²) in [6.07, 6.45) is -0.601. The van der Waals surface area contributed by atoms with Gasteiger partial charge in [-0.05, 0) is 0 Å². The molecule has 0 saturated carbocycles. The van der Waals surface area contributed by atoms with Crippen LogP contribution in [0, 0.1) is 0 Å². The van der Waals surface area contributed by atoms with Crippen molar-refractivity contribution in [2.45, 2.75) is 13.0 Å². The van der Waals surface area contributed by atoms with Gasteiger partial charge in [0, 0.05) is 0 Å². The topological polar surface area (TPSA) is 38.8 Å². The first kappa shape index (κ1) is 21.4. The number of carbonyl (C=O) groups is 1. The Morgan fingerprint density at radius 3 is 1.52 bits per heavy atom. The van der Waals surface area contributed by atoms with E-state index >= 15 is 0 Å². The van der Waals surface area contributed by atoms with Crippen molar-refractivity contribution in [3.05, 3.63) is 91.0 Å². The molecule has 0 radical (unpaired) electrons. The van der Waals surface area contributed by atoms with Crippen molar-refractivity contribution in [3.63, 3.8) is 0 Å². The molecule has 0 aliphatic carbocycles. The number of hydrogen-bond acceptors (Lipinski definition) is 3. The summed E-state index contributed by atoms with van der Waals surface area (Å²) in [5.74, 6) is 0. The second-order valence-electron chi connectivity index (χ2n) is 7.18. The summed E-state index contributed by atoms with van der Waals surface area (Å²) in [6, 6.07) is 31.4. The van der Waals surface area contributed by atoms with Gasteiger partial charge in [-0.25, -0.2) is 0 Å². The molecule has 0 bridgehead atoms. The third-order valence-corrected chi connectivity index (χ3v) is 16.7. The maximum absolute atomic E-state index is 11.9. The van der Waals surface area contributed by atoms with Gasteiger partial charge >= 0.3 is 178 Å². The molecule has 0 aliphatic rings. The van der Waals surface area contributed by atoms with Gasteiger partial charge in [-0.1, -0.05) is 0 Å². The van der Waals surface area contributed by atoms with Gasteiger partial charge in [-0.3, -0.25) is 0 Å². The first-order valence-corrected chi connectivity index (χ1v) is 15.2. The Balaban J connectivity index is 2.06. The molecule has 1 atom stereocenters. The molecule has 150 valence electrons. The van der Waals surface area contributed by atoms with Crippen LogP contribution in [0.4, 0.5) is 4.79 Å². The fraction of sp³-hybridized carbons (Fsp3) is 0.208. The number of nitrogens with zero attached hydrogens (tertiary/aromatic N) is 1. The summed E-state index contributed by atoms with van der Waals surface area (Å²) in [4.78, 5) is 13.3. The van der Waals surface area contributed by atoms with E-state index in [4.69, 9.17) is 7.81 Å². The summed E-state index contributed by atoms with van der Waals surface area (Å²) in [5, 5.41) is 0. The maximum atomic E-state index is 11.9. The molecule has 1 amide bonds. The first-order valence-electron chi connectivity index (χ1n) is 9.72. The molecule has 0 N–H and O–H groups in total. The normalized spacial score (nSPS) is 12.2. The second kappa shape index (κ2) is 9.94. The van der Waals surface area contributed by atoms with Gasteiger partial charge in [-0.2, -0.15) is 0 Å². The Hall–Kier alpha value is -2.31. The summed E-state index contributed by atoms with van der Waals surface area (Å²) in [5.41, 5.74) is 0. The van der Waals surface area contributed by atoms with E-state index in [0.29, 0.717) is 0 Å². The van der Waals surface area contributed by atoms with Crippen molar-refractivity contribution in [2.75, 3.05) is 20.7 Å². The van der Waals surface area contributed by atoms with Gasteiger partial charge < -0.3 is 0 Å². The predicted molar refractivity (Wildman–Crippen MR) is 120 cm³/mol. The molecule has 3 aromatic carbocycles. The standard InChI is InChI=1S/C6H12NO3.3C6H5.Sn/c1-5(8)4-10-6(9)7(2)3;3*1-2-4-6-5-3-1;/h5H,4H2,1-3H3;3*1-5H;/q-1;;;;+1. The fourth-order valence-corrected chi connectivity index (χ4v) is 15.0. The molecule has 1 unspecified atom stereocenters. The summed E-state index contributed by atoms with van der Waals surface area (Å²) < 4.78 is 16.0. The first-order chi connectivity index (χ1) is 14.0. The van der Waals surface area contributed by atoms with Gasteiger partial charge in [0.1, 0.15) is 0 Å². The van der Waals surface area contributed by atoms with Crippen molar-refractivity contribution < 1.29 is 12.6 Å². The zero-order valence-corrected chi connectivity index (χ0v) is 20.0. The van der Waals surface area contributed by atoms with Crippen LogP contribution in [0.15, 0.2) is 91.0 Å². The Bertz CT molecular complexity index is 805. The zero-order chi connectivity index (χ0) is 20.7. The van der Waals surface area contributed by atoms with E-state index < -0.39 is 18.8 Å². The molecule has 0 heterocycles. The van der Waals surface area contributed by atoms with Crippen molar-refractivity contribution in [2.24, 2.45) is 0 Å². The second-order valence-corrected chi connectivity index (χ2v) is 16.7. The van der Waals surface area contributed by atoms with Gasteiger partial charge in [0.05, 0.1) is 0 Å². The predicted octanol–water partition coefficient (Wildman–Crippen LogP) is 2.76. The van der Waals surface area contributed by atoms with Gasteiger partial charge in [0.15, 0.2) is 0 Å². The molecule has 0 saturated heterocycles. The van der Waals surface area contributed by atoms with E-state index in [2.05, 4.69) is 72.8 Å². The Morgan fingerprint density at radius 1 is 0.793 bits per heavy atom. The van der Waals surface area contributed by atoms with Gasteiger partial charge in [0.25, 0.3) is 0 Å². The van der Waals surface area contributed by atoms with Crippen LogP contribution >= 0.6 is 0 Å². The molecule has 0 aromatic heterocycles. The minimum atomic E-state index is -3.80. The molecule has 0 spiro atoms. The number of benzene rings is 3. The molecule has 3 aromatic rings. The Labute approximate surface area is 177 Å². The van der Waals surface area contributed by atoms with Crippen LogP contribution in [-0.2, 0) is 7.81 Å². The fourth-order valence-electron chi connectivity index (χ4n) is 3.38. The summed E-state index contributed by atoms with van der Waals surface area (Å²) >= 11 is -3.80. The van der Waals surface area contributed by atoms with Gasteiger partial charge in [0.2, 0.25) is 0 Å². The minimum absolute atomic E-state index is 0.211. The van der Waals surface area contributed by atoms with E-state index in [-0.39, 0.29) is 18.8 Å². The third kappa shape index (κ3) is 5.00. The number of rotatable bonds is 7. The van der Waals surface area contributed by atoms with E-state index in [9.17, 15) is 4.79 Å². The number of carbonyl (C=O) groups excluding carboxylic acids is 1. The average Bonchev–Trinajstić information content (AvgIpc) is 2.77. The van der Waals surface area contributed by atoms with Crippen molar-refractivity contribution >= 4 is 35.6 Å². The third-order valence-electron chi connectivity index (χ3n) is 4.73. The van der Waals surface area contributed by atoms with Crippen LogP contribution in [-0.4, -0.2) is 56.6 Å². The summed E-state index contributed by atoms with van der Waals surface area (Å²) in [6.45, 7) is 2.19. The van der Waals surface area contributed by atoms with Crippen molar-refractivity contribution in [1.82, 2.24) is 4.90 Å². The molecular weight excluding hydrogens is 469 g/mol. The molecule has 3 rings (SSSR count). The number of hydrogen-bond donors (Lipinski definition) is 0. The quantitative estimate of drug-likeness (QED) is 0.473. The monoisotopic (exact) mass is 497 g/mol. The van der Waals surface area contributed by atoms with Crippen LogP contribution in [0.25, 0.3) is 0 Å². The van der Waals surface area contributed by atoms with Crippen molar-refractivity contribution in [1.29, 1.82) is 0 Å². The van der Waals surface area contributed by atoms with Crippen LogP contribution < -0.4 is 10.7 Å². The molecule has 0 aliphatic heterocycles. The number of amides is 1. The Morgan fingerprint density at radius 2 is 1.17 bits per heavy atom. The molecule has 4 nitrogen and oxygen atoms in total. The average molecular weight is 496 g/mol.